The zero-order chi connectivity index (χ0) is 12.3. The highest BCUT2D eigenvalue weighted by atomic mass is 16.5. The van der Waals surface area contributed by atoms with Crippen molar-refractivity contribution in [1.82, 2.24) is 10.3 Å². The Morgan fingerprint density at radius 2 is 2.29 bits per heavy atom. The summed E-state index contributed by atoms with van der Waals surface area (Å²) in [6, 6.07) is 2.86. The molecule has 1 saturated heterocycles. The van der Waals surface area contributed by atoms with Crippen LogP contribution in [0, 0.1) is 0 Å². The van der Waals surface area contributed by atoms with E-state index >= 15 is 0 Å². The van der Waals surface area contributed by atoms with Crippen LogP contribution in [0.1, 0.15) is 10.4 Å². The quantitative estimate of drug-likeness (QED) is 0.620. The number of aliphatic hydroxyl groups is 1. The van der Waals surface area contributed by atoms with Gasteiger partial charge >= 0.3 is 0 Å². The number of hydrogen-bond acceptors (Lipinski definition) is 5. The van der Waals surface area contributed by atoms with Gasteiger partial charge in [0.05, 0.1) is 18.8 Å². The van der Waals surface area contributed by atoms with Crippen molar-refractivity contribution in [2.45, 2.75) is 18.2 Å². The first kappa shape index (κ1) is 12.0. The molecule has 0 spiro atoms. The van der Waals surface area contributed by atoms with Crippen LogP contribution in [0.4, 0.5) is 0 Å². The topological polar surface area (TPSA) is 97.5 Å². The molecule has 2 rings (SSSR count). The predicted molar refractivity (Wildman–Crippen MR) is 60.3 cm³/mol. The Bertz CT molecular complexity index is 385. The van der Waals surface area contributed by atoms with Gasteiger partial charge in [0.25, 0.3) is 5.91 Å². The Balaban J connectivity index is 1.85. The minimum atomic E-state index is -0.729. The van der Waals surface area contributed by atoms with Gasteiger partial charge in [-0.05, 0) is 12.1 Å². The summed E-state index contributed by atoms with van der Waals surface area (Å²) in [7, 11) is 0. The number of carbonyl (C=O) groups excluding carboxylic acids is 1. The second kappa shape index (κ2) is 5.22. The number of nitrogens with two attached hydrogens (primary N) is 1. The van der Waals surface area contributed by atoms with Crippen LogP contribution in [0.15, 0.2) is 24.5 Å². The minimum Gasteiger partial charge on any atom is -0.389 e. The van der Waals surface area contributed by atoms with E-state index in [1.54, 1.807) is 24.5 Å². The second-order valence-electron chi connectivity index (χ2n) is 3.97. The minimum absolute atomic E-state index is 0.219. The lowest BCUT2D eigenvalue weighted by atomic mass is 10.1. The second-order valence-corrected chi connectivity index (χ2v) is 3.97. The standard InChI is InChI=1S/C11H15N3O3/c12-8-6-17-9(10(8)15)5-14-11(16)7-1-3-13-4-2-7/h1-4,8-10,15H,5-6,12H2,(H,14,16)/t8-,9+,10+/m0/s1. The number of aliphatic hydroxyl groups excluding tert-OH is 1. The number of hydrogen-bond donors (Lipinski definition) is 3. The number of carbonyl (C=O) groups is 1. The van der Waals surface area contributed by atoms with Crippen LogP contribution in [-0.2, 0) is 4.74 Å². The van der Waals surface area contributed by atoms with Crippen molar-refractivity contribution in [3.63, 3.8) is 0 Å². The summed E-state index contributed by atoms with van der Waals surface area (Å²) in [5.41, 5.74) is 6.11. The molecule has 17 heavy (non-hydrogen) atoms. The van der Waals surface area contributed by atoms with E-state index in [1.165, 1.54) is 0 Å². The molecule has 2 heterocycles. The van der Waals surface area contributed by atoms with Crippen molar-refractivity contribution < 1.29 is 14.6 Å². The lowest BCUT2D eigenvalue weighted by Gasteiger charge is -2.15. The highest BCUT2D eigenvalue weighted by Crippen LogP contribution is 2.11. The molecule has 1 amide bonds. The number of ether oxygens (including phenoxy) is 1. The van der Waals surface area contributed by atoms with Crippen LogP contribution in [-0.4, -0.2) is 47.4 Å². The SMILES string of the molecule is N[C@H]1CO[C@H](CNC(=O)c2ccncc2)[C@@H]1O. The predicted octanol–water partition coefficient (Wildman–Crippen LogP) is -1.10. The molecule has 0 radical (unpaired) electrons. The summed E-state index contributed by atoms with van der Waals surface area (Å²) in [5.74, 6) is -0.219. The molecule has 1 aliphatic rings. The molecular formula is C11H15N3O3. The summed E-state index contributed by atoms with van der Waals surface area (Å²) < 4.78 is 5.26. The maximum atomic E-state index is 11.7. The van der Waals surface area contributed by atoms with E-state index in [-0.39, 0.29) is 18.5 Å². The van der Waals surface area contributed by atoms with E-state index < -0.39 is 12.2 Å². The normalized spacial score (nSPS) is 28.0. The molecule has 0 aliphatic carbocycles. The Hall–Kier alpha value is -1.50. The molecule has 1 aliphatic heterocycles. The molecule has 0 saturated carbocycles. The average molecular weight is 237 g/mol. The first-order valence-corrected chi connectivity index (χ1v) is 5.42. The van der Waals surface area contributed by atoms with Gasteiger partial charge in [-0.2, -0.15) is 0 Å². The van der Waals surface area contributed by atoms with Gasteiger partial charge in [-0.15, -0.1) is 0 Å². The third-order valence-electron chi connectivity index (χ3n) is 2.73. The van der Waals surface area contributed by atoms with Crippen molar-refractivity contribution in [2.24, 2.45) is 5.73 Å². The number of pyridine rings is 1. The van der Waals surface area contributed by atoms with Crippen molar-refractivity contribution in [3.05, 3.63) is 30.1 Å². The summed E-state index contributed by atoms with van der Waals surface area (Å²) in [4.78, 5) is 15.5. The summed E-state index contributed by atoms with van der Waals surface area (Å²) in [6.45, 7) is 0.562. The van der Waals surface area contributed by atoms with Crippen LogP contribution < -0.4 is 11.1 Å². The monoisotopic (exact) mass is 237 g/mol. The highest BCUT2D eigenvalue weighted by molar-refractivity contribution is 5.93. The number of amides is 1. The van der Waals surface area contributed by atoms with E-state index in [1.807, 2.05) is 0 Å². The summed E-state index contributed by atoms with van der Waals surface area (Å²) >= 11 is 0. The number of nitrogens with one attached hydrogen (secondary N) is 1. The molecule has 3 atom stereocenters. The number of rotatable bonds is 3. The molecule has 92 valence electrons. The largest absolute Gasteiger partial charge is 0.389 e. The molecule has 1 aromatic heterocycles. The van der Waals surface area contributed by atoms with E-state index in [0.717, 1.165) is 0 Å². The number of aromatic nitrogens is 1. The molecule has 6 heteroatoms. The molecule has 4 N–H and O–H groups in total. The van der Waals surface area contributed by atoms with Crippen LogP contribution in [0.5, 0.6) is 0 Å². The number of nitrogens with zero attached hydrogens (tertiary/aromatic N) is 1. The molecular weight excluding hydrogens is 222 g/mol. The molecule has 0 aromatic carbocycles. The van der Waals surface area contributed by atoms with Crippen molar-refractivity contribution in [1.29, 1.82) is 0 Å². The van der Waals surface area contributed by atoms with E-state index in [9.17, 15) is 9.90 Å². The zero-order valence-electron chi connectivity index (χ0n) is 9.24. The van der Waals surface area contributed by atoms with Gasteiger partial charge in [-0.25, -0.2) is 0 Å². The maximum absolute atomic E-state index is 11.7. The Labute approximate surface area is 98.8 Å². The molecule has 0 unspecified atom stereocenters. The van der Waals surface area contributed by atoms with Gasteiger partial charge < -0.3 is 20.9 Å². The van der Waals surface area contributed by atoms with E-state index in [4.69, 9.17) is 10.5 Å². The fourth-order valence-corrected chi connectivity index (χ4v) is 1.69. The van der Waals surface area contributed by atoms with Gasteiger partial charge in [0, 0.05) is 24.5 Å². The van der Waals surface area contributed by atoms with Gasteiger partial charge in [0.2, 0.25) is 0 Å². The lowest BCUT2D eigenvalue weighted by Crippen LogP contribution is -2.42. The highest BCUT2D eigenvalue weighted by Gasteiger charge is 2.33. The van der Waals surface area contributed by atoms with Crippen molar-refractivity contribution in [2.75, 3.05) is 13.2 Å². The van der Waals surface area contributed by atoms with Gasteiger partial charge in [-0.3, -0.25) is 9.78 Å². The van der Waals surface area contributed by atoms with Crippen LogP contribution in [0.3, 0.4) is 0 Å². The van der Waals surface area contributed by atoms with Crippen molar-refractivity contribution >= 4 is 5.91 Å². The lowest BCUT2D eigenvalue weighted by molar-refractivity contribution is 0.0407. The molecule has 6 nitrogen and oxygen atoms in total. The molecule has 0 bridgehead atoms. The average Bonchev–Trinajstić information content (AvgIpc) is 2.68. The smallest absolute Gasteiger partial charge is 0.251 e. The Kier molecular flexibility index (Phi) is 3.68. The summed E-state index contributed by atoms with van der Waals surface area (Å²) in [5, 5.41) is 12.3. The van der Waals surface area contributed by atoms with Gasteiger partial charge in [0.15, 0.2) is 0 Å². The van der Waals surface area contributed by atoms with E-state index in [0.29, 0.717) is 12.2 Å². The zero-order valence-corrected chi connectivity index (χ0v) is 9.24. The third-order valence-corrected chi connectivity index (χ3v) is 2.73. The van der Waals surface area contributed by atoms with Crippen molar-refractivity contribution in [3.8, 4) is 0 Å². The maximum Gasteiger partial charge on any atom is 0.251 e. The van der Waals surface area contributed by atoms with Crippen LogP contribution in [0.25, 0.3) is 0 Å². The summed E-state index contributed by atoms with van der Waals surface area (Å²) in [6.07, 6.45) is 1.93. The molecule has 1 fully saturated rings. The molecule has 1 aromatic rings. The fraction of sp³-hybridized carbons (Fsp3) is 0.455. The van der Waals surface area contributed by atoms with E-state index in [2.05, 4.69) is 10.3 Å². The Morgan fingerprint density at radius 3 is 2.88 bits per heavy atom. The Morgan fingerprint density at radius 1 is 1.59 bits per heavy atom. The van der Waals surface area contributed by atoms with Gasteiger partial charge in [0.1, 0.15) is 6.10 Å². The van der Waals surface area contributed by atoms with Crippen LogP contribution >= 0.6 is 0 Å². The first-order chi connectivity index (χ1) is 8.18. The van der Waals surface area contributed by atoms with Gasteiger partial charge in [-0.1, -0.05) is 0 Å². The first-order valence-electron chi connectivity index (χ1n) is 5.42. The van der Waals surface area contributed by atoms with Crippen LogP contribution in [0.2, 0.25) is 0 Å². The third kappa shape index (κ3) is 2.79. The fourth-order valence-electron chi connectivity index (χ4n) is 1.69.